The highest BCUT2D eigenvalue weighted by Crippen LogP contribution is 2.46. The second-order valence-corrected chi connectivity index (χ2v) is 13.1. The highest BCUT2D eigenvalue weighted by atomic mass is 32.1. The van der Waals surface area contributed by atoms with Gasteiger partial charge in [-0.15, -0.1) is 11.3 Å². The van der Waals surface area contributed by atoms with Gasteiger partial charge in [0.25, 0.3) is 0 Å². The van der Waals surface area contributed by atoms with Gasteiger partial charge in [0.1, 0.15) is 0 Å². The maximum atomic E-state index is 2.48. The Balaban J connectivity index is 1.30. The van der Waals surface area contributed by atoms with Gasteiger partial charge < -0.3 is 4.57 Å². The lowest BCUT2D eigenvalue weighted by Gasteiger charge is -2.18. The van der Waals surface area contributed by atoms with Crippen LogP contribution in [0.3, 0.4) is 0 Å². The highest BCUT2D eigenvalue weighted by molar-refractivity contribution is 7.26. The Kier molecular flexibility index (Phi) is 4.26. The Morgan fingerprint density at radius 3 is 1.61 bits per heavy atom. The van der Waals surface area contributed by atoms with Gasteiger partial charge in [-0.2, -0.15) is 0 Å². The fourth-order valence-corrected chi connectivity index (χ4v) is 9.40. The third kappa shape index (κ3) is 2.75. The van der Waals surface area contributed by atoms with E-state index in [1.807, 2.05) is 11.3 Å². The van der Waals surface area contributed by atoms with Crippen molar-refractivity contribution in [2.24, 2.45) is 0 Å². The summed E-state index contributed by atoms with van der Waals surface area (Å²) in [6.45, 7) is 0. The van der Waals surface area contributed by atoms with Gasteiger partial charge >= 0.3 is 0 Å². The number of hydrogen-bond donors (Lipinski definition) is 0. The van der Waals surface area contributed by atoms with E-state index in [0.29, 0.717) is 0 Å². The number of fused-ring (bicyclic) bond motifs is 13. The van der Waals surface area contributed by atoms with Crippen LogP contribution in [-0.2, 0) is 0 Å². The van der Waals surface area contributed by atoms with Crippen LogP contribution >= 0.6 is 11.3 Å². The molecule has 0 saturated heterocycles. The van der Waals surface area contributed by atoms with Crippen LogP contribution in [0.25, 0.3) is 102 Å². The quantitative estimate of drug-likeness (QED) is 0.136. The molecule has 0 radical (unpaired) electrons. The zero-order chi connectivity index (χ0) is 28.5. The van der Waals surface area contributed by atoms with Crippen LogP contribution in [0.5, 0.6) is 0 Å². The van der Waals surface area contributed by atoms with Crippen molar-refractivity contribution in [3.8, 4) is 5.69 Å². The smallest absolute Gasteiger partial charge is 0.0555 e. The van der Waals surface area contributed by atoms with Crippen LogP contribution in [-0.4, -0.2) is 4.57 Å². The van der Waals surface area contributed by atoms with Gasteiger partial charge in [-0.1, -0.05) is 109 Å². The van der Waals surface area contributed by atoms with Crippen molar-refractivity contribution in [2.45, 2.75) is 0 Å². The first-order valence-electron chi connectivity index (χ1n) is 15.2. The third-order valence-corrected chi connectivity index (χ3v) is 11.1. The number of thiophene rings is 1. The minimum atomic E-state index is 1.20. The minimum Gasteiger partial charge on any atom is -0.309 e. The van der Waals surface area contributed by atoms with Gasteiger partial charge in [0.2, 0.25) is 0 Å². The molecule has 0 aliphatic heterocycles. The zero-order valence-electron chi connectivity index (χ0n) is 23.6. The van der Waals surface area contributed by atoms with E-state index in [1.165, 1.54) is 102 Å². The number of benzene rings is 9. The van der Waals surface area contributed by atoms with E-state index < -0.39 is 0 Å². The van der Waals surface area contributed by atoms with Crippen LogP contribution in [0.4, 0.5) is 0 Å². The molecule has 0 fully saturated rings. The molecule has 0 atom stereocenters. The molecule has 1 nitrogen and oxygen atoms in total. The predicted octanol–water partition coefficient (Wildman–Crippen LogP) is 12.4. The predicted molar refractivity (Wildman–Crippen MR) is 192 cm³/mol. The van der Waals surface area contributed by atoms with Crippen LogP contribution in [0.1, 0.15) is 0 Å². The molecule has 0 unspecified atom stereocenters. The largest absolute Gasteiger partial charge is 0.309 e. The van der Waals surface area contributed by atoms with Gasteiger partial charge in [0.05, 0.1) is 11.0 Å². The van der Waals surface area contributed by atoms with E-state index in [2.05, 4.69) is 144 Å². The summed E-state index contributed by atoms with van der Waals surface area (Å²) in [7, 11) is 0. The summed E-state index contributed by atoms with van der Waals surface area (Å²) in [5, 5.41) is 18.7. The molecule has 0 saturated carbocycles. The molecule has 0 amide bonds. The van der Waals surface area contributed by atoms with Crippen molar-refractivity contribution in [2.75, 3.05) is 0 Å². The molecule has 202 valence electrons. The lowest BCUT2D eigenvalue weighted by atomic mass is 9.86. The zero-order valence-corrected chi connectivity index (χ0v) is 24.5. The highest BCUT2D eigenvalue weighted by Gasteiger charge is 2.20. The number of para-hydroxylation sites is 1. The monoisotopic (exact) mass is 573 g/mol. The maximum Gasteiger partial charge on any atom is 0.0555 e. The molecule has 0 aliphatic carbocycles. The lowest BCUT2D eigenvalue weighted by Crippen LogP contribution is -1.95. The average Bonchev–Trinajstić information content (AvgIpc) is 3.63. The van der Waals surface area contributed by atoms with Gasteiger partial charge in [-0.3, -0.25) is 0 Å². The van der Waals surface area contributed by atoms with Gasteiger partial charge in [0, 0.05) is 36.6 Å². The molecular weight excluding hydrogens is 551 g/mol. The van der Waals surface area contributed by atoms with Crippen molar-refractivity contribution in [1.82, 2.24) is 4.57 Å². The Labute approximate surface area is 256 Å². The standard InChI is InChI=1S/C42H23NS/c1-2-10-26-25(9-1)29-13-7-15-31-27-20-19-24(23-35(27)32-16-8-14-30(26)40(32)39(29)31)43-36-17-5-3-12-34(36)41-37(43)22-21-33-28-11-4-6-18-38(28)44-42(33)41/h1-23H. The first-order chi connectivity index (χ1) is 21.8. The number of hydrogen-bond acceptors (Lipinski definition) is 1. The summed E-state index contributed by atoms with van der Waals surface area (Å²) >= 11 is 1.91. The molecule has 2 heterocycles. The normalized spacial score (nSPS) is 12.5. The summed E-state index contributed by atoms with van der Waals surface area (Å²) in [6.07, 6.45) is 0. The van der Waals surface area contributed by atoms with Gasteiger partial charge in [-0.05, 0) is 84.2 Å². The van der Waals surface area contributed by atoms with Gasteiger partial charge in [-0.25, -0.2) is 0 Å². The molecule has 2 heteroatoms. The Morgan fingerprint density at radius 1 is 0.341 bits per heavy atom. The Morgan fingerprint density at radius 2 is 0.886 bits per heavy atom. The average molecular weight is 574 g/mol. The molecular formula is C42H23NS. The lowest BCUT2D eigenvalue weighted by molar-refractivity contribution is 1.19. The van der Waals surface area contributed by atoms with Crippen molar-refractivity contribution in [1.29, 1.82) is 0 Å². The summed E-state index contributed by atoms with van der Waals surface area (Å²) in [6, 6.07) is 52.0. The topological polar surface area (TPSA) is 4.93 Å². The summed E-state index contributed by atoms with van der Waals surface area (Å²) < 4.78 is 5.19. The van der Waals surface area contributed by atoms with Gasteiger partial charge in [0.15, 0.2) is 0 Å². The molecule has 0 spiro atoms. The van der Waals surface area contributed by atoms with Crippen molar-refractivity contribution in [3.63, 3.8) is 0 Å². The molecule has 11 aromatic rings. The first-order valence-corrected chi connectivity index (χ1v) is 16.0. The maximum absolute atomic E-state index is 2.48. The van der Waals surface area contributed by atoms with Crippen LogP contribution in [0, 0.1) is 0 Å². The Hall–Kier alpha value is -5.44. The van der Waals surface area contributed by atoms with Crippen LogP contribution < -0.4 is 0 Å². The SMILES string of the molecule is c1ccc2c(c1)sc1c2ccc2c1c1ccccc1n2-c1ccc2c(c1)c1cccc3c4ccccc4c4cccc2c4c31. The van der Waals surface area contributed by atoms with Crippen molar-refractivity contribution >= 4 is 107 Å². The summed E-state index contributed by atoms with van der Waals surface area (Å²) in [5.41, 5.74) is 3.70. The van der Waals surface area contributed by atoms with Crippen molar-refractivity contribution in [3.05, 3.63) is 140 Å². The van der Waals surface area contributed by atoms with E-state index in [4.69, 9.17) is 0 Å². The second-order valence-electron chi connectivity index (χ2n) is 12.0. The second kappa shape index (κ2) is 8.13. The minimum absolute atomic E-state index is 1.20. The fraction of sp³-hybridized carbons (Fsp3) is 0. The number of aromatic nitrogens is 1. The van der Waals surface area contributed by atoms with Crippen LogP contribution in [0.15, 0.2) is 140 Å². The summed E-state index contributed by atoms with van der Waals surface area (Å²) in [4.78, 5) is 0. The van der Waals surface area contributed by atoms with E-state index >= 15 is 0 Å². The van der Waals surface area contributed by atoms with E-state index in [-0.39, 0.29) is 0 Å². The number of nitrogens with zero attached hydrogens (tertiary/aromatic N) is 1. The van der Waals surface area contributed by atoms with Crippen LogP contribution in [0.2, 0.25) is 0 Å². The summed E-state index contributed by atoms with van der Waals surface area (Å²) in [5.74, 6) is 0. The van der Waals surface area contributed by atoms with E-state index in [9.17, 15) is 0 Å². The molecule has 0 bridgehead atoms. The first kappa shape index (κ1) is 23.1. The number of rotatable bonds is 1. The van der Waals surface area contributed by atoms with E-state index in [1.54, 1.807) is 0 Å². The molecule has 9 aromatic carbocycles. The fourth-order valence-electron chi connectivity index (χ4n) is 8.14. The molecule has 0 aliphatic rings. The molecule has 2 aromatic heterocycles. The van der Waals surface area contributed by atoms with E-state index in [0.717, 1.165) is 0 Å². The van der Waals surface area contributed by atoms with Crippen molar-refractivity contribution < 1.29 is 0 Å². The third-order valence-electron chi connectivity index (χ3n) is 9.91. The molecule has 0 N–H and O–H groups in total. The molecule has 44 heavy (non-hydrogen) atoms. The molecule has 11 rings (SSSR count). The Bertz CT molecular complexity index is 2990.